The zero-order valence-corrected chi connectivity index (χ0v) is 10.2. The van der Waals surface area contributed by atoms with Crippen molar-refractivity contribution in [2.75, 3.05) is 6.54 Å². The van der Waals surface area contributed by atoms with Gasteiger partial charge in [-0.1, -0.05) is 13.3 Å². The Labute approximate surface area is 96.1 Å². The Bertz CT molecular complexity index is 267. The highest BCUT2D eigenvalue weighted by Gasteiger charge is 2.29. The molecule has 0 bridgehead atoms. The quantitative estimate of drug-likeness (QED) is 0.770. The van der Waals surface area contributed by atoms with E-state index in [0.717, 1.165) is 24.9 Å². The summed E-state index contributed by atoms with van der Waals surface area (Å²) < 4.78 is 0. The van der Waals surface area contributed by atoms with Gasteiger partial charge in [0.05, 0.1) is 11.2 Å². The molecule has 0 saturated heterocycles. The third kappa shape index (κ3) is 3.58. The summed E-state index contributed by atoms with van der Waals surface area (Å²) in [6.07, 6.45) is 6.59. The van der Waals surface area contributed by atoms with Crippen molar-refractivity contribution in [3.05, 3.63) is 16.6 Å². The fourth-order valence-electron chi connectivity index (χ4n) is 2.06. The third-order valence-corrected chi connectivity index (χ3v) is 3.70. The summed E-state index contributed by atoms with van der Waals surface area (Å²) in [5.74, 6) is 0.973. The maximum absolute atomic E-state index is 4.30. The molecule has 2 nitrogen and oxygen atoms in total. The molecule has 1 aliphatic rings. The standard InChI is InChI=1S/C12H20N2S/c1-2-3-12(10-4-5-10)13-7-6-11-8-15-9-14-11/h8-10,12-13H,2-7H2,1H3. The predicted molar refractivity (Wildman–Crippen MR) is 65.2 cm³/mol. The highest BCUT2D eigenvalue weighted by molar-refractivity contribution is 7.07. The Kier molecular flexibility index (Phi) is 4.15. The van der Waals surface area contributed by atoms with Crippen LogP contribution in [0.2, 0.25) is 0 Å². The number of aromatic nitrogens is 1. The van der Waals surface area contributed by atoms with E-state index in [1.165, 1.54) is 31.4 Å². The SMILES string of the molecule is CCCC(NCCc1cscn1)C1CC1. The molecular formula is C12H20N2S. The molecule has 1 fully saturated rings. The zero-order valence-electron chi connectivity index (χ0n) is 9.41. The topological polar surface area (TPSA) is 24.9 Å². The smallest absolute Gasteiger partial charge is 0.0794 e. The molecule has 2 rings (SSSR count). The van der Waals surface area contributed by atoms with Crippen LogP contribution < -0.4 is 5.32 Å². The Hall–Kier alpha value is -0.410. The van der Waals surface area contributed by atoms with Crippen LogP contribution in [0.1, 0.15) is 38.3 Å². The second-order valence-corrected chi connectivity index (χ2v) is 5.14. The highest BCUT2D eigenvalue weighted by Crippen LogP contribution is 2.34. The minimum Gasteiger partial charge on any atom is -0.313 e. The number of nitrogens with zero attached hydrogens (tertiary/aromatic N) is 1. The number of thiazole rings is 1. The summed E-state index contributed by atoms with van der Waals surface area (Å²) in [4.78, 5) is 4.30. The van der Waals surface area contributed by atoms with Gasteiger partial charge in [-0.3, -0.25) is 0 Å². The molecule has 0 radical (unpaired) electrons. The van der Waals surface area contributed by atoms with E-state index in [1.807, 2.05) is 5.51 Å². The van der Waals surface area contributed by atoms with E-state index in [4.69, 9.17) is 0 Å². The van der Waals surface area contributed by atoms with Crippen molar-refractivity contribution >= 4 is 11.3 Å². The third-order valence-electron chi connectivity index (χ3n) is 3.06. The van der Waals surface area contributed by atoms with Crippen molar-refractivity contribution < 1.29 is 0 Å². The van der Waals surface area contributed by atoms with Gasteiger partial charge in [-0.05, 0) is 25.2 Å². The lowest BCUT2D eigenvalue weighted by molar-refractivity contribution is 0.433. The van der Waals surface area contributed by atoms with Crippen molar-refractivity contribution in [3.8, 4) is 0 Å². The van der Waals surface area contributed by atoms with Crippen LogP contribution >= 0.6 is 11.3 Å². The summed E-state index contributed by atoms with van der Waals surface area (Å²) in [6, 6.07) is 0.772. The summed E-state index contributed by atoms with van der Waals surface area (Å²) >= 11 is 1.69. The molecule has 1 atom stereocenters. The van der Waals surface area contributed by atoms with Crippen molar-refractivity contribution in [2.24, 2.45) is 5.92 Å². The lowest BCUT2D eigenvalue weighted by atomic mass is 10.1. The first-order valence-electron chi connectivity index (χ1n) is 6.00. The van der Waals surface area contributed by atoms with Crippen LogP contribution in [0.5, 0.6) is 0 Å². The highest BCUT2D eigenvalue weighted by atomic mass is 32.1. The molecule has 0 spiro atoms. The number of nitrogens with one attached hydrogen (secondary N) is 1. The molecule has 3 heteroatoms. The Balaban J connectivity index is 1.66. The molecule has 1 aliphatic carbocycles. The number of hydrogen-bond donors (Lipinski definition) is 1. The van der Waals surface area contributed by atoms with Gasteiger partial charge in [0.15, 0.2) is 0 Å². The molecule has 0 aromatic carbocycles. The normalized spacial score (nSPS) is 17.9. The Morgan fingerprint density at radius 1 is 1.60 bits per heavy atom. The molecule has 15 heavy (non-hydrogen) atoms. The molecule has 1 N–H and O–H groups in total. The maximum atomic E-state index is 4.30. The lowest BCUT2D eigenvalue weighted by Crippen LogP contribution is -2.32. The monoisotopic (exact) mass is 224 g/mol. The van der Waals surface area contributed by atoms with Gasteiger partial charge in [0.2, 0.25) is 0 Å². The van der Waals surface area contributed by atoms with Gasteiger partial charge in [-0.25, -0.2) is 4.98 Å². The van der Waals surface area contributed by atoms with Crippen LogP contribution in [0, 0.1) is 5.92 Å². The van der Waals surface area contributed by atoms with Crippen molar-refractivity contribution in [1.29, 1.82) is 0 Å². The molecule has 1 saturated carbocycles. The van der Waals surface area contributed by atoms with E-state index >= 15 is 0 Å². The minimum atomic E-state index is 0.772. The minimum absolute atomic E-state index is 0.772. The van der Waals surface area contributed by atoms with E-state index in [-0.39, 0.29) is 0 Å². The van der Waals surface area contributed by atoms with Crippen molar-refractivity contribution in [3.63, 3.8) is 0 Å². The first kappa shape index (κ1) is 11.1. The Morgan fingerprint density at radius 2 is 2.47 bits per heavy atom. The van der Waals surface area contributed by atoms with Crippen LogP contribution in [0.25, 0.3) is 0 Å². The summed E-state index contributed by atoms with van der Waals surface area (Å²) in [6.45, 7) is 3.36. The van der Waals surface area contributed by atoms with Crippen LogP contribution in [-0.2, 0) is 6.42 Å². The number of rotatable bonds is 7. The summed E-state index contributed by atoms with van der Waals surface area (Å²) in [5.41, 5.74) is 3.15. The van der Waals surface area contributed by atoms with Gasteiger partial charge in [-0.2, -0.15) is 0 Å². The number of hydrogen-bond acceptors (Lipinski definition) is 3. The van der Waals surface area contributed by atoms with Crippen molar-refractivity contribution in [1.82, 2.24) is 10.3 Å². The molecular weight excluding hydrogens is 204 g/mol. The van der Waals surface area contributed by atoms with Gasteiger partial charge in [0, 0.05) is 24.4 Å². The zero-order chi connectivity index (χ0) is 10.5. The van der Waals surface area contributed by atoms with E-state index in [1.54, 1.807) is 11.3 Å². The molecule has 1 unspecified atom stereocenters. The van der Waals surface area contributed by atoms with Gasteiger partial charge >= 0.3 is 0 Å². The van der Waals surface area contributed by atoms with Gasteiger partial charge in [0.25, 0.3) is 0 Å². The van der Waals surface area contributed by atoms with Gasteiger partial charge in [-0.15, -0.1) is 11.3 Å². The molecule has 1 aromatic rings. The predicted octanol–water partition coefficient (Wildman–Crippen LogP) is 2.85. The van der Waals surface area contributed by atoms with E-state index in [0.29, 0.717) is 0 Å². The maximum Gasteiger partial charge on any atom is 0.0794 e. The molecule has 0 amide bonds. The van der Waals surface area contributed by atoms with Gasteiger partial charge < -0.3 is 5.32 Å². The van der Waals surface area contributed by atoms with Crippen LogP contribution in [0.4, 0.5) is 0 Å². The fourth-order valence-corrected chi connectivity index (χ4v) is 2.65. The van der Waals surface area contributed by atoms with Crippen LogP contribution in [-0.4, -0.2) is 17.6 Å². The second-order valence-electron chi connectivity index (χ2n) is 4.42. The molecule has 84 valence electrons. The average Bonchev–Trinajstić information content (AvgIpc) is 2.96. The summed E-state index contributed by atoms with van der Waals surface area (Å²) in [7, 11) is 0. The van der Waals surface area contributed by atoms with E-state index < -0.39 is 0 Å². The van der Waals surface area contributed by atoms with Gasteiger partial charge in [0.1, 0.15) is 0 Å². The molecule has 1 heterocycles. The fraction of sp³-hybridized carbons (Fsp3) is 0.750. The van der Waals surface area contributed by atoms with Crippen LogP contribution in [0.15, 0.2) is 10.9 Å². The van der Waals surface area contributed by atoms with E-state index in [9.17, 15) is 0 Å². The van der Waals surface area contributed by atoms with Crippen LogP contribution in [0.3, 0.4) is 0 Å². The lowest BCUT2D eigenvalue weighted by Gasteiger charge is -2.16. The molecule has 1 aromatic heterocycles. The summed E-state index contributed by atoms with van der Waals surface area (Å²) in [5, 5.41) is 5.83. The molecule has 0 aliphatic heterocycles. The first-order valence-corrected chi connectivity index (χ1v) is 6.95. The second kappa shape index (κ2) is 5.61. The Morgan fingerprint density at radius 3 is 3.07 bits per heavy atom. The average molecular weight is 224 g/mol. The largest absolute Gasteiger partial charge is 0.313 e. The van der Waals surface area contributed by atoms with Crippen molar-refractivity contribution in [2.45, 2.75) is 45.1 Å². The van der Waals surface area contributed by atoms with E-state index in [2.05, 4.69) is 22.6 Å². The first-order chi connectivity index (χ1) is 7.40.